The van der Waals surface area contributed by atoms with E-state index in [1.165, 1.54) is 36.5 Å². The minimum Gasteiger partial charge on any atom is -0.279 e. The SMILES string of the molecule is NS(=O)(=O)c1ccc(NN=C/C=C/c2ccccc2[N+](=O)[O-])cc1. The number of nitro benzene ring substituents is 1. The highest BCUT2D eigenvalue weighted by Crippen LogP contribution is 2.18. The van der Waals surface area contributed by atoms with Crippen molar-refractivity contribution < 1.29 is 13.3 Å². The van der Waals surface area contributed by atoms with Gasteiger partial charge in [-0.1, -0.05) is 12.1 Å². The number of hydrogen-bond acceptors (Lipinski definition) is 6. The van der Waals surface area contributed by atoms with Crippen LogP contribution in [-0.2, 0) is 10.0 Å². The monoisotopic (exact) mass is 346 g/mol. The lowest BCUT2D eigenvalue weighted by Gasteiger charge is -2.01. The van der Waals surface area contributed by atoms with Gasteiger partial charge in [-0.25, -0.2) is 13.6 Å². The van der Waals surface area contributed by atoms with Gasteiger partial charge in [0.25, 0.3) is 5.69 Å². The molecule has 0 bridgehead atoms. The fourth-order valence-corrected chi connectivity index (χ4v) is 2.33. The number of hydrazone groups is 1. The second kappa shape index (κ2) is 7.49. The van der Waals surface area contributed by atoms with E-state index in [1.807, 2.05) is 0 Å². The number of anilines is 1. The Morgan fingerprint density at radius 2 is 1.79 bits per heavy atom. The normalized spacial score (nSPS) is 11.9. The van der Waals surface area contributed by atoms with E-state index in [9.17, 15) is 18.5 Å². The van der Waals surface area contributed by atoms with Gasteiger partial charge in [-0.2, -0.15) is 5.10 Å². The van der Waals surface area contributed by atoms with Crippen LogP contribution in [0.1, 0.15) is 5.56 Å². The molecule has 0 saturated carbocycles. The first kappa shape index (κ1) is 17.3. The number of nitrogens with zero attached hydrogens (tertiary/aromatic N) is 2. The molecule has 24 heavy (non-hydrogen) atoms. The summed E-state index contributed by atoms with van der Waals surface area (Å²) < 4.78 is 22.2. The second-order valence-corrected chi connectivity index (χ2v) is 6.20. The Morgan fingerprint density at radius 3 is 2.42 bits per heavy atom. The number of sulfonamides is 1. The molecule has 0 radical (unpaired) electrons. The molecule has 0 aliphatic heterocycles. The van der Waals surface area contributed by atoms with Crippen LogP contribution < -0.4 is 10.6 Å². The van der Waals surface area contributed by atoms with Crippen molar-refractivity contribution >= 4 is 33.7 Å². The van der Waals surface area contributed by atoms with Crippen LogP contribution in [0.3, 0.4) is 0 Å². The minimum atomic E-state index is -3.72. The Bertz CT molecular complexity index is 890. The zero-order valence-electron chi connectivity index (χ0n) is 12.4. The first-order chi connectivity index (χ1) is 11.4. The van der Waals surface area contributed by atoms with E-state index in [2.05, 4.69) is 10.5 Å². The Morgan fingerprint density at radius 1 is 1.12 bits per heavy atom. The van der Waals surface area contributed by atoms with Crippen molar-refractivity contribution in [2.75, 3.05) is 5.43 Å². The van der Waals surface area contributed by atoms with Crippen molar-refractivity contribution in [2.24, 2.45) is 10.2 Å². The van der Waals surface area contributed by atoms with Crippen LogP contribution in [0, 0.1) is 10.1 Å². The lowest BCUT2D eigenvalue weighted by molar-refractivity contribution is -0.385. The first-order valence-corrected chi connectivity index (χ1v) is 8.24. The number of benzene rings is 2. The van der Waals surface area contributed by atoms with Crippen LogP contribution in [0.5, 0.6) is 0 Å². The Kier molecular flexibility index (Phi) is 5.40. The molecule has 2 aromatic rings. The van der Waals surface area contributed by atoms with Crippen molar-refractivity contribution in [1.82, 2.24) is 0 Å². The average molecular weight is 346 g/mol. The van der Waals surface area contributed by atoms with Crippen molar-refractivity contribution in [3.05, 3.63) is 70.3 Å². The van der Waals surface area contributed by atoms with Gasteiger partial charge in [0.2, 0.25) is 10.0 Å². The van der Waals surface area contributed by atoms with Gasteiger partial charge in [-0.05, 0) is 42.5 Å². The Labute approximate surface area is 138 Å². The lowest BCUT2D eigenvalue weighted by Crippen LogP contribution is -2.11. The first-order valence-electron chi connectivity index (χ1n) is 6.70. The number of rotatable bonds is 6. The summed E-state index contributed by atoms with van der Waals surface area (Å²) in [5.74, 6) is 0. The molecule has 0 atom stereocenters. The standard InChI is InChI=1S/C15H14N4O4S/c16-24(22,23)14-9-7-13(8-10-14)18-17-11-3-5-12-4-1-2-6-15(12)19(20)21/h1-11,18H,(H2,16,22,23)/b5-3+,17-11?. The molecule has 0 amide bonds. The van der Waals surface area contributed by atoms with Gasteiger partial charge in [-0.3, -0.25) is 15.5 Å². The zero-order chi connectivity index (χ0) is 17.6. The number of nitrogens with one attached hydrogen (secondary N) is 1. The number of para-hydroxylation sites is 1. The van der Waals surface area contributed by atoms with Crippen LogP contribution in [0.15, 0.2) is 64.6 Å². The van der Waals surface area contributed by atoms with Gasteiger partial charge in [0, 0.05) is 12.3 Å². The Hall–Kier alpha value is -3.04. The van der Waals surface area contributed by atoms with Gasteiger partial charge in [-0.15, -0.1) is 0 Å². The van der Waals surface area contributed by atoms with Gasteiger partial charge < -0.3 is 0 Å². The summed E-state index contributed by atoms with van der Waals surface area (Å²) in [5, 5.41) is 19.8. The predicted octanol–water partition coefficient (Wildman–Crippen LogP) is 2.35. The van der Waals surface area contributed by atoms with E-state index < -0.39 is 14.9 Å². The van der Waals surface area contributed by atoms with Crippen LogP contribution in [-0.4, -0.2) is 19.6 Å². The molecule has 0 unspecified atom stereocenters. The Balaban J connectivity index is 1.99. The molecule has 0 aliphatic carbocycles. The average Bonchev–Trinajstić information content (AvgIpc) is 2.54. The number of nitrogens with two attached hydrogens (primary N) is 1. The lowest BCUT2D eigenvalue weighted by atomic mass is 10.2. The summed E-state index contributed by atoms with van der Waals surface area (Å²) in [6.07, 6.45) is 4.53. The van der Waals surface area contributed by atoms with Gasteiger partial charge in [0.05, 0.1) is 21.1 Å². The van der Waals surface area contributed by atoms with Crippen LogP contribution in [0.4, 0.5) is 11.4 Å². The molecule has 0 heterocycles. The van der Waals surface area contributed by atoms with E-state index in [4.69, 9.17) is 5.14 Å². The molecule has 0 spiro atoms. The van der Waals surface area contributed by atoms with Crippen molar-refractivity contribution in [3.8, 4) is 0 Å². The maximum atomic E-state index is 11.1. The summed E-state index contributed by atoms with van der Waals surface area (Å²) in [6.45, 7) is 0. The fraction of sp³-hybridized carbons (Fsp3) is 0. The van der Waals surface area contributed by atoms with E-state index in [0.717, 1.165) is 0 Å². The smallest absolute Gasteiger partial charge is 0.276 e. The van der Waals surface area contributed by atoms with E-state index >= 15 is 0 Å². The summed E-state index contributed by atoms with van der Waals surface area (Å²) in [7, 11) is -3.72. The highest BCUT2D eigenvalue weighted by molar-refractivity contribution is 7.89. The highest BCUT2D eigenvalue weighted by atomic mass is 32.2. The molecule has 8 nitrogen and oxygen atoms in total. The predicted molar refractivity (Wildman–Crippen MR) is 92.1 cm³/mol. The number of allylic oxidation sites excluding steroid dienone is 1. The molecule has 0 fully saturated rings. The summed E-state index contributed by atoms with van der Waals surface area (Å²) in [5.41, 5.74) is 3.74. The van der Waals surface area contributed by atoms with Gasteiger partial charge >= 0.3 is 0 Å². The summed E-state index contributed by atoms with van der Waals surface area (Å²) >= 11 is 0. The zero-order valence-corrected chi connectivity index (χ0v) is 13.2. The van der Waals surface area contributed by atoms with E-state index in [0.29, 0.717) is 11.3 Å². The van der Waals surface area contributed by atoms with E-state index in [1.54, 1.807) is 30.4 Å². The van der Waals surface area contributed by atoms with Crippen LogP contribution in [0.2, 0.25) is 0 Å². The van der Waals surface area contributed by atoms with E-state index in [-0.39, 0.29) is 10.6 Å². The molecule has 2 rings (SSSR count). The third-order valence-corrected chi connectivity index (χ3v) is 3.88. The molecule has 2 aromatic carbocycles. The largest absolute Gasteiger partial charge is 0.279 e. The number of nitro groups is 1. The number of hydrogen-bond donors (Lipinski definition) is 2. The maximum absolute atomic E-state index is 11.1. The van der Waals surface area contributed by atoms with Crippen LogP contribution >= 0.6 is 0 Å². The molecular weight excluding hydrogens is 332 g/mol. The van der Waals surface area contributed by atoms with Gasteiger partial charge in [0.1, 0.15) is 0 Å². The molecule has 124 valence electrons. The third-order valence-electron chi connectivity index (χ3n) is 2.95. The molecule has 0 aromatic heterocycles. The van der Waals surface area contributed by atoms with Crippen molar-refractivity contribution in [3.63, 3.8) is 0 Å². The maximum Gasteiger partial charge on any atom is 0.276 e. The molecule has 3 N–H and O–H groups in total. The van der Waals surface area contributed by atoms with Crippen molar-refractivity contribution in [2.45, 2.75) is 4.90 Å². The highest BCUT2D eigenvalue weighted by Gasteiger charge is 2.08. The number of primary sulfonamides is 1. The molecule has 0 saturated heterocycles. The summed E-state index contributed by atoms with van der Waals surface area (Å²) in [6, 6.07) is 12.1. The van der Waals surface area contributed by atoms with Gasteiger partial charge in [0.15, 0.2) is 0 Å². The molecule has 9 heteroatoms. The topological polar surface area (TPSA) is 128 Å². The van der Waals surface area contributed by atoms with Crippen LogP contribution in [0.25, 0.3) is 6.08 Å². The summed E-state index contributed by atoms with van der Waals surface area (Å²) in [4.78, 5) is 10.4. The minimum absolute atomic E-state index is 0.00770. The molecular formula is C15H14N4O4S. The third kappa shape index (κ3) is 4.73. The quantitative estimate of drug-likeness (QED) is 0.471. The second-order valence-electron chi connectivity index (χ2n) is 4.63. The van der Waals surface area contributed by atoms with Crippen molar-refractivity contribution in [1.29, 1.82) is 0 Å². The fourth-order valence-electron chi connectivity index (χ4n) is 1.82. The molecule has 0 aliphatic rings.